The Balaban J connectivity index is 1.77. The summed E-state index contributed by atoms with van der Waals surface area (Å²) in [5.74, 6) is 1.87. The van der Waals surface area contributed by atoms with Crippen LogP contribution in [0, 0.1) is 5.92 Å². The van der Waals surface area contributed by atoms with Crippen molar-refractivity contribution in [2.75, 3.05) is 12.4 Å². The van der Waals surface area contributed by atoms with Gasteiger partial charge in [0, 0.05) is 11.7 Å². The topological polar surface area (TPSA) is 21.3 Å². The quantitative estimate of drug-likeness (QED) is 0.821. The zero-order valence-corrected chi connectivity index (χ0v) is 9.83. The number of hydrogen-bond acceptors (Lipinski definition) is 2. The Morgan fingerprint density at radius 3 is 2.81 bits per heavy atom. The first-order valence-corrected chi connectivity index (χ1v) is 6.30. The summed E-state index contributed by atoms with van der Waals surface area (Å²) in [6.07, 6.45) is 6.83. The molecular formula is C14H19NO. The number of hydrogen-bond donors (Lipinski definition) is 1. The van der Waals surface area contributed by atoms with Crippen LogP contribution in [0.3, 0.4) is 0 Å². The van der Waals surface area contributed by atoms with E-state index in [0.717, 1.165) is 11.7 Å². The highest BCUT2D eigenvalue weighted by atomic mass is 16.5. The van der Waals surface area contributed by atoms with Gasteiger partial charge in [-0.2, -0.15) is 0 Å². The SMILES string of the molecule is COc1ccc2c(c1)CC(C1CCCC1)N2. The van der Waals surface area contributed by atoms with E-state index in [0.29, 0.717) is 6.04 Å². The monoisotopic (exact) mass is 217 g/mol. The van der Waals surface area contributed by atoms with Gasteiger partial charge in [0.05, 0.1) is 7.11 Å². The number of anilines is 1. The van der Waals surface area contributed by atoms with Crippen molar-refractivity contribution in [2.45, 2.75) is 38.1 Å². The van der Waals surface area contributed by atoms with E-state index in [9.17, 15) is 0 Å². The highest BCUT2D eigenvalue weighted by molar-refractivity contribution is 5.59. The molecule has 1 fully saturated rings. The van der Waals surface area contributed by atoms with Gasteiger partial charge in [-0.15, -0.1) is 0 Å². The average molecular weight is 217 g/mol. The first-order valence-electron chi connectivity index (χ1n) is 6.30. The van der Waals surface area contributed by atoms with Crippen molar-refractivity contribution < 1.29 is 4.74 Å². The molecule has 3 rings (SSSR count). The molecule has 2 heteroatoms. The first kappa shape index (κ1) is 10.0. The summed E-state index contributed by atoms with van der Waals surface area (Å²) < 4.78 is 5.27. The van der Waals surface area contributed by atoms with E-state index in [1.54, 1.807) is 7.11 Å². The average Bonchev–Trinajstić information content (AvgIpc) is 2.96. The first-order chi connectivity index (χ1) is 7.86. The van der Waals surface area contributed by atoms with Crippen LogP contribution in [0.15, 0.2) is 18.2 Å². The van der Waals surface area contributed by atoms with Gasteiger partial charge in [0.15, 0.2) is 0 Å². The highest BCUT2D eigenvalue weighted by Crippen LogP contribution is 2.37. The molecule has 0 aromatic heterocycles. The molecule has 1 aliphatic carbocycles. The van der Waals surface area contributed by atoms with Gasteiger partial charge in [-0.3, -0.25) is 0 Å². The molecule has 2 aliphatic rings. The molecule has 1 atom stereocenters. The summed E-state index contributed by atoms with van der Waals surface area (Å²) in [5, 5.41) is 3.67. The lowest BCUT2D eigenvalue weighted by Gasteiger charge is -2.18. The molecule has 0 amide bonds. The largest absolute Gasteiger partial charge is 0.497 e. The molecule has 1 aromatic carbocycles. The van der Waals surface area contributed by atoms with Crippen molar-refractivity contribution in [3.63, 3.8) is 0 Å². The van der Waals surface area contributed by atoms with Crippen LogP contribution in [0.5, 0.6) is 5.75 Å². The molecule has 0 spiro atoms. The third-order valence-corrected chi connectivity index (χ3v) is 4.06. The molecule has 0 bridgehead atoms. The molecular weight excluding hydrogens is 198 g/mol. The van der Waals surface area contributed by atoms with E-state index in [2.05, 4.69) is 17.4 Å². The van der Waals surface area contributed by atoms with E-state index in [1.165, 1.54) is 43.4 Å². The number of fused-ring (bicyclic) bond motifs is 1. The number of ether oxygens (including phenoxy) is 1. The molecule has 1 heterocycles. The van der Waals surface area contributed by atoms with Crippen LogP contribution < -0.4 is 10.1 Å². The van der Waals surface area contributed by atoms with Gasteiger partial charge in [0.2, 0.25) is 0 Å². The zero-order valence-electron chi connectivity index (χ0n) is 9.83. The molecule has 1 saturated carbocycles. The van der Waals surface area contributed by atoms with Gasteiger partial charge in [-0.05, 0) is 48.9 Å². The standard InChI is InChI=1S/C14H19NO/c1-16-12-6-7-13-11(8-12)9-14(15-13)10-4-2-3-5-10/h6-8,10,14-15H,2-5,9H2,1H3. The second kappa shape index (κ2) is 4.00. The Bertz CT molecular complexity index is 382. The van der Waals surface area contributed by atoms with E-state index in [4.69, 9.17) is 4.74 Å². The van der Waals surface area contributed by atoms with Crippen LogP contribution in [0.1, 0.15) is 31.2 Å². The third kappa shape index (κ3) is 1.66. The van der Waals surface area contributed by atoms with Gasteiger partial charge < -0.3 is 10.1 Å². The van der Waals surface area contributed by atoms with Crippen LogP contribution in [-0.2, 0) is 6.42 Å². The van der Waals surface area contributed by atoms with Crippen molar-refractivity contribution >= 4 is 5.69 Å². The molecule has 16 heavy (non-hydrogen) atoms. The van der Waals surface area contributed by atoms with Crippen LogP contribution in [0.25, 0.3) is 0 Å². The van der Waals surface area contributed by atoms with Crippen molar-refractivity contribution in [2.24, 2.45) is 5.92 Å². The maximum Gasteiger partial charge on any atom is 0.119 e. The lowest BCUT2D eigenvalue weighted by atomic mass is 9.95. The summed E-state index contributed by atoms with van der Waals surface area (Å²) in [6, 6.07) is 7.05. The summed E-state index contributed by atoms with van der Waals surface area (Å²) in [4.78, 5) is 0. The van der Waals surface area contributed by atoms with Crippen LogP contribution in [-0.4, -0.2) is 13.2 Å². The van der Waals surface area contributed by atoms with Gasteiger partial charge in [-0.25, -0.2) is 0 Å². The Kier molecular flexibility index (Phi) is 2.50. The van der Waals surface area contributed by atoms with Crippen molar-refractivity contribution in [3.8, 4) is 5.75 Å². The number of nitrogens with one attached hydrogen (secondary N) is 1. The van der Waals surface area contributed by atoms with Gasteiger partial charge >= 0.3 is 0 Å². The lowest BCUT2D eigenvalue weighted by molar-refractivity contribution is 0.414. The molecule has 0 radical (unpaired) electrons. The molecule has 1 aromatic rings. The Morgan fingerprint density at radius 1 is 1.25 bits per heavy atom. The Hall–Kier alpha value is -1.18. The normalized spacial score (nSPS) is 24.2. The van der Waals surface area contributed by atoms with E-state index in [-0.39, 0.29) is 0 Å². The fraction of sp³-hybridized carbons (Fsp3) is 0.571. The summed E-state index contributed by atoms with van der Waals surface area (Å²) in [7, 11) is 1.73. The fourth-order valence-electron chi connectivity index (χ4n) is 3.14. The molecule has 2 nitrogen and oxygen atoms in total. The number of benzene rings is 1. The predicted octanol–water partition coefficient (Wildman–Crippen LogP) is 3.22. The predicted molar refractivity (Wildman–Crippen MR) is 66.1 cm³/mol. The number of rotatable bonds is 2. The van der Waals surface area contributed by atoms with Crippen molar-refractivity contribution in [1.82, 2.24) is 0 Å². The second-order valence-corrected chi connectivity index (χ2v) is 5.02. The minimum atomic E-state index is 0.671. The smallest absolute Gasteiger partial charge is 0.119 e. The summed E-state index contributed by atoms with van der Waals surface area (Å²) >= 11 is 0. The Labute approximate surface area is 97.0 Å². The highest BCUT2D eigenvalue weighted by Gasteiger charge is 2.30. The van der Waals surface area contributed by atoms with E-state index >= 15 is 0 Å². The van der Waals surface area contributed by atoms with Crippen LogP contribution in [0.4, 0.5) is 5.69 Å². The fourth-order valence-corrected chi connectivity index (χ4v) is 3.14. The van der Waals surface area contributed by atoms with E-state index < -0.39 is 0 Å². The maximum atomic E-state index is 5.27. The van der Waals surface area contributed by atoms with E-state index in [1.807, 2.05) is 6.07 Å². The molecule has 1 unspecified atom stereocenters. The number of methoxy groups -OCH3 is 1. The zero-order chi connectivity index (χ0) is 11.0. The summed E-state index contributed by atoms with van der Waals surface area (Å²) in [6.45, 7) is 0. The van der Waals surface area contributed by atoms with Gasteiger partial charge in [0.1, 0.15) is 5.75 Å². The third-order valence-electron chi connectivity index (χ3n) is 4.06. The minimum absolute atomic E-state index is 0.671. The molecule has 1 N–H and O–H groups in total. The second-order valence-electron chi connectivity index (χ2n) is 5.02. The van der Waals surface area contributed by atoms with Crippen LogP contribution >= 0.6 is 0 Å². The molecule has 0 saturated heterocycles. The van der Waals surface area contributed by atoms with Gasteiger partial charge in [0.25, 0.3) is 0 Å². The maximum absolute atomic E-state index is 5.27. The van der Waals surface area contributed by atoms with Crippen molar-refractivity contribution in [1.29, 1.82) is 0 Å². The minimum Gasteiger partial charge on any atom is -0.497 e. The lowest BCUT2D eigenvalue weighted by Crippen LogP contribution is -2.24. The Morgan fingerprint density at radius 2 is 2.06 bits per heavy atom. The molecule has 86 valence electrons. The van der Waals surface area contributed by atoms with Crippen LogP contribution in [0.2, 0.25) is 0 Å². The summed E-state index contributed by atoms with van der Waals surface area (Å²) in [5.41, 5.74) is 2.74. The van der Waals surface area contributed by atoms with Crippen molar-refractivity contribution in [3.05, 3.63) is 23.8 Å². The molecule has 1 aliphatic heterocycles. The van der Waals surface area contributed by atoms with Gasteiger partial charge in [-0.1, -0.05) is 12.8 Å².